The summed E-state index contributed by atoms with van der Waals surface area (Å²) in [4.78, 5) is 27.1. The van der Waals surface area contributed by atoms with Gasteiger partial charge >= 0.3 is 6.03 Å². The second-order valence-electron chi connectivity index (χ2n) is 8.19. The lowest BCUT2D eigenvalue weighted by Crippen LogP contribution is -2.44. The molecule has 0 spiro atoms. The van der Waals surface area contributed by atoms with E-state index in [-0.39, 0.29) is 23.9 Å². The van der Waals surface area contributed by atoms with Crippen LogP contribution in [0.4, 0.5) is 4.79 Å². The largest absolute Gasteiger partial charge is 0.497 e. The van der Waals surface area contributed by atoms with Crippen molar-refractivity contribution in [2.45, 2.75) is 51.4 Å². The van der Waals surface area contributed by atoms with E-state index >= 15 is 0 Å². The summed E-state index contributed by atoms with van der Waals surface area (Å²) in [5.41, 5.74) is 3.54. The Morgan fingerprint density at radius 1 is 0.967 bits per heavy atom. The quantitative estimate of drug-likeness (QED) is 0.796. The van der Waals surface area contributed by atoms with Gasteiger partial charge in [-0.2, -0.15) is 0 Å². The van der Waals surface area contributed by atoms with E-state index in [1.807, 2.05) is 41.3 Å². The summed E-state index contributed by atoms with van der Waals surface area (Å²) in [5, 5.41) is 5.96. The minimum atomic E-state index is -0.157. The monoisotopic (exact) mass is 407 g/mol. The molecule has 2 aromatic rings. The van der Waals surface area contributed by atoms with Gasteiger partial charge in [0, 0.05) is 31.6 Å². The summed E-state index contributed by atoms with van der Waals surface area (Å²) in [6.45, 7) is 1.92. The highest BCUT2D eigenvalue weighted by Gasteiger charge is 2.32. The van der Waals surface area contributed by atoms with Gasteiger partial charge in [-0.1, -0.05) is 36.4 Å². The number of ether oxygens (including phenoxy) is 1. The summed E-state index contributed by atoms with van der Waals surface area (Å²) in [7, 11) is 1.63. The van der Waals surface area contributed by atoms with Crippen molar-refractivity contribution in [3.8, 4) is 5.75 Å². The average Bonchev–Trinajstić information content (AvgIpc) is 3.22. The lowest BCUT2D eigenvalue weighted by Gasteiger charge is -2.30. The number of rotatable bonds is 5. The van der Waals surface area contributed by atoms with Gasteiger partial charge < -0.3 is 20.3 Å². The van der Waals surface area contributed by atoms with Gasteiger partial charge in [0.1, 0.15) is 5.75 Å². The molecule has 1 saturated carbocycles. The fourth-order valence-corrected chi connectivity index (χ4v) is 4.39. The maximum atomic E-state index is 12.9. The fourth-order valence-electron chi connectivity index (χ4n) is 4.39. The van der Waals surface area contributed by atoms with Gasteiger partial charge in [0.05, 0.1) is 7.11 Å². The summed E-state index contributed by atoms with van der Waals surface area (Å²) in [5.74, 6) is 1.13. The third kappa shape index (κ3) is 4.75. The Morgan fingerprint density at radius 2 is 1.60 bits per heavy atom. The molecule has 3 amide bonds. The number of hydrogen-bond donors (Lipinski definition) is 2. The zero-order valence-corrected chi connectivity index (χ0v) is 17.4. The molecule has 4 rings (SSSR count). The molecule has 6 heteroatoms. The van der Waals surface area contributed by atoms with Crippen molar-refractivity contribution in [3.05, 3.63) is 65.2 Å². The van der Waals surface area contributed by atoms with Crippen LogP contribution in [0.25, 0.3) is 0 Å². The number of benzene rings is 2. The van der Waals surface area contributed by atoms with Crippen LogP contribution in [0.1, 0.15) is 42.4 Å². The molecule has 2 N–H and O–H groups in total. The number of carbonyl (C=O) groups is 2. The Balaban J connectivity index is 1.19. The van der Waals surface area contributed by atoms with Gasteiger partial charge in [0.15, 0.2) is 0 Å². The minimum Gasteiger partial charge on any atom is -0.497 e. The second-order valence-corrected chi connectivity index (χ2v) is 8.19. The maximum Gasteiger partial charge on any atom is 0.315 e. The Labute approximate surface area is 177 Å². The van der Waals surface area contributed by atoms with Crippen molar-refractivity contribution in [2.24, 2.45) is 5.92 Å². The van der Waals surface area contributed by atoms with Crippen LogP contribution >= 0.6 is 0 Å². The highest BCUT2D eigenvalue weighted by molar-refractivity contribution is 5.80. The van der Waals surface area contributed by atoms with Gasteiger partial charge in [-0.3, -0.25) is 4.79 Å². The first-order valence-corrected chi connectivity index (χ1v) is 10.6. The summed E-state index contributed by atoms with van der Waals surface area (Å²) >= 11 is 0. The molecule has 6 nitrogen and oxygen atoms in total. The van der Waals surface area contributed by atoms with Gasteiger partial charge in [-0.15, -0.1) is 0 Å². The Hall–Kier alpha value is -3.02. The van der Waals surface area contributed by atoms with Crippen LogP contribution in [-0.4, -0.2) is 30.0 Å². The molecule has 0 radical (unpaired) electrons. The number of methoxy groups -OCH3 is 1. The molecular formula is C24H29N3O3. The van der Waals surface area contributed by atoms with Crippen LogP contribution in [0.15, 0.2) is 48.5 Å². The third-order valence-electron chi connectivity index (χ3n) is 6.18. The number of urea groups is 1. The highest BCUT2D eigenvalue weighted by Crippen LogP contribution is 2.30. The molecule has 0 saturated heterocycles. The molecule has 2 aromatic carbocycles. The molecule has 2 aliphatic rings. The van der Waals surface area contributed by atoms with E-state index in [0.29, 0.717) is 6.54 Å². The zero-order valence-electron chi connectivity index (χ0n) is 17.4. The number of nitrogens with one attached hydrogen (secondary N) is 2. The first-order valence-electron chi connectivity index (χ1n) is 10.6. The van der Waals surface area contributed by atoms with Crippen molar-refractivity contribution in [3.63, 3.8) is 0 Å². The first kappa shape index (κ1) is 20.3. The summed E-state index contributed by atoms with van der Waals surface area (Å²) in [6, 6.07) is 15.9. The van der Waals surface area contributed by atoms with Crippen molar-refractivity contribution in [2.75, 3.05) is 7.11 Å². The molecule has 158 valence electrons. The molecule has 1 heterocycles. The molecule has 30 heavy (non-hydrogen) atoms. The fraction of sp³-hybridized carbons (Fsp3) is 0.417. The number of carbonyl (C=O) groups excluding carboxylic acids is 2. The lowest BCUT2D eigenvalue weighted by molar-refractivity contribution is -0.137. The maximum absolute atomic E-state index is 12.9. The van der Waals surface area contributed by atoms with E-state index in [4.69, 9.17) is 4.74 Å². The molecule has 1 aliphatic heterocycles. The van der Waals surface area contributed by atoms with Crippen molar-refractivity contribution in [1.82, 2.24) is 15.5 Å². The number of nitrogens with zero attached hydrogens (tertiary/aromatic N) is 1. The Bertz CT molecular complexity index is 864. The topological polar surface area (TPSA) is 70.7 Å². The standard InChI is InChI=1S/C24H29N3O3/c1-30-22-12-6-17(7-13-22)14-25-24(29)26-21-10-8-18(9-11-21)23(28)27-15-19-4-2-3-5-20(19)16-27/h2-7,12-13,18,21H,8-11,14-16H2,1H3,(H2,25,26,29). The molecule has 0 unspecified atom stereocenters. The van der Waals surface area contributed by atoms with E-state index < -0.39 is 0 Å². The molecule has 1 aliphatic carbocycles. The van der Waals surface area contributed by atoms with Crippen LogP contribution in [0.5, 0.6) is 5.75 Å². The minimum absolute atomic E-state index is 0.0692. The molecular weight excluding hydrogens is 378 g/mol. The zero-order chi connectivity index (χ0) is 20.9. The van der Waals surface area contributed by atoms with Crippen molar-refractivity contribution >= 4 is 11.9 Å². The summed E-state index contributed by atoms with van der Waals surface area (Å²) < 4.78 is 5.14. The van der Waals surface area contributed by atoms with Gasteiger partial charge in [0.2, 0.25) is 5.91 Å². The average molecular weight is 408 g/mol. The molecule has 0 bridgehead atoms. The van der Waals surface area contributed by atoms with Gasteiger partial charge in [0.25, 0.3) is 0 Å². The van der Waals surface area contributed by atoms with Crippen LogP contribution in [0.3, 0.4) is 0 Å². The molecule has 0 aromatic heterocycles. The van der Waals surface area contributed by atoms with Crippen molar-refractivity contribution in [1.29, 1.82) is 0 Å². The second kappa shape index (κ2) is 9.20. The Kier molecular flexibility index (Phi) is 6.21. The number of hydrogen-bond acceptors (Lipinski definition) is 3. The SMILES string of the molecule is COc1ccc(CNC(=O)NC2CCC(C(=O)N3Cc4ccccc4C3)CC2)cc1. The van der Waals surface area contributed by atoms with E-state index in [1.165, 1.54) is 11.1 Å². The highest BCUT2D eigenvalue weighted by atomic mass is 16.5. The first-order chi connectivity index (χ1) is 14.6. The van der Waals surface area contributed by atoms with Gasteiger partial charge in [-0.05, 0) is 54.5 Å². The van der Waals surface area contributed by atoms with Crippen LogP contribution in [0, 0.1) is 5.92 Å². The smallest absolute Gasteiger partial charge is 0.315 e. The predicted molar refractivity (Wildman–Crippen MR) is 115 cm³/mol. The lowest BCUT2D eigenvalue weighted by atomic mass is 9.85. The molecule has 1 fully saturated rings. The van der Waals surface area contributed by atoms with E-state index in [9.17, 15) is 9.59 Å². The van der Waals surface area contributed by atoms with Crippen LogP contribution < -0.4 is 15.4 Å². The third-order valence-corrected chi connectivity index (χ3v) is 6.18. The molecule has 0 atom stereocenters. The number of fused-ring (bicyclic) bond motifs is 1. The van der Waals surface area contributed by atoms with Crippen molar-refractivity contribution < 1.29 is 14.3 Å². The van der Waals surface area contributed by atoms with E-state index in [1.54, 1.807) is 7.11 Å². The van der Waals surface area contributed by atoms with E-state index in [0.717, 1.165) is 50.1 Å². The van der Waals surface area contributed by atoms with Crippen LogP contribution in [0.2, 0.25) is 0 Å². The van der Waals surface area contributed by atoms with E-state index in [2.05, 4.69) is 22.8 Å². The number of amides is 3. The summed E-state index contributed by atoms with van der Waals surface area (Å²) in [6.07, 6.45) is 3.34. The predicted octanol–water partition coefficient (Wildman–Crippen LogP) is 3.60. The van der Waals surface area contributed by atoms with Crippen LogP contribution in [-0.2, 0) is 24.4 Å². The normalized spacial score (nSPS) is 20.4. The Morgan fingerprint density at radius 3 is 2.20 bits per heavy atom. The van der Waals surface area contributed by atoms with Gasteiger partial charge in [-0.25, -0.2) is 4.79 Å².